The summed E-state index contributed by atoms with van der Waals surface area (Å²) in [7, 11) is -1.34. The quantitative estimate of drug-likeness (QED) is 0.800. The van der Waals surface area contributed by atoms with E-state index in [9.17, 15) is 8.42 Å². The Balaban J connectivity index is 1.46. The average Bonchev–Trinajstić information content (AvgIpc) is 3.20. The van der Waals surface area contributed by atoms with Crippen LogP contribution in [0.5, 0.6) is 0 Å². The fourth-order valence-electron chi connectivity index (χ4n) is 2.70. The molecule has 1 saturated carbocycles. The lowest BCUT2D eigenvalue weighted by atomic mass is 10.2. The lowest BCUT2D eigenvalue weighted by Crippen LogP contribution is -2.40. The van der Waals surface area contributed by atoms with Gasteiger partial charge >= 0.3 is 0 Å². The van der Waals surface area contributed by atoms with Crippen LogP contribution in [-0.4, -0.2) is 51.1 Å². The van der Waals surface area contributed by atoms with Crippen LogP contribution in [0.25, 0.3) is 11.4 Å². The van der Waals surface area contributed by atoms with Crippen molar-refractivity contribution in [3.63, 3.8) is 0 Å². The standard InChI is InChI=1S/C13H18N6O3S/c1-18-11(4-5-14-18)13-12-8-22-9(7-19(12)17-16-13)6-15-23(20,21)10-2-3-10/h4-5,9-10,15H,2-3,6-8H2,1H3/t9-/m0/s1. The van der Waals surface area contributed by atoms with Gasteiger partial charge in [-0.05, 0) is 18.9 Å². The summed E-state index contributed by atoms with van der Waals surface area (Å²) in [5, 5.41) is 12.3. The predicted octanol–water partition coefficient (Wildman–Crippen LogP) is -0.341. The minimum Gasteiger partial charge on any atom is -0.369 e. The van der Waals surface area contributed by atoms with Crippen LogP contribution in [0, 0.1) is 0 Å². The fourth-order valence-corrected chi connectivity index (χ4v) is 4.11. The molecule has 0 aromatic carbocycles. The highest BCUT2D eigenvalue weighted by atomic mass is 32.2. The Kier molecular flexibility index (Phi) is 3.47. The molecular formula is C13H18N6O3S. The van der Waals surface area contributed by atoms with E-state index in [0.29, 0.717) is 13.2 Å². The highest BCUT2D eigenvalue weighted by Gasteiger charge is 2.36. The van der Waals surface area contributed by atoms with Crippen LogP contribution < -0.4 is 4.72 Å². The van der Waals surface area contributed by atoms with Crippen LogP contribution in [0.2, 0.25) is 0 Å². The van der Waals surface area contributed by atoms with Gasteiger partial charge in [0.2, 0.25) is 10.0 Å². The summed E-state index contributed by atoms with van der Waals surface area (Å²) in [5.74, 6) is 0. The Morgan fingerprint density at radius 1 is 1.43 bits per heavy atom. The van der Waals surface area contributed by atoms with Gasteiger partial charge in [0.15, 0.2) is 0 Å². The van der Waals surface area contributed by atoms with E-state index in [4.69, 9.17) is 4.74 Å². The minimum atomic E-state index is -3.19. The molecule has 2 aromatic heterocycles. The van der Waals surface area contributed by atoms with Gasteiger partial charge in [0, 0.05) is 19.8 Å². The summed E-state index contributed by atoms with van der Waals surface area (Å²) < 4.78 is 35.7. The van der Waals surface area contributed by atoms with Crippen LogP contribution in [0.4, 0.5) is 0 Å². The Labute approximate surface area is 133 Å². The van der Waals surface area contributed by atoms with Crippen molar-refractivity contribution in [1.82, 2.24) is 29.5 Å². The number of nitrogens with one attached hydrogen (secondary N) is 1. The summed E-state index contributed by atoms with van der Waals surface area (Å²) in [6, 6.07) is 1.88. The molecule has 1 fully saturated rings. The Bertz CT molecular complexity index is 823. The first kappa shape index (κ1) is 14.8. The maximum atomic E-state index is 11.9. The first-order chi connectivity index (χ1) is 11.0. The SMILES string of the molecule is Cn1nccc1-c1nnn2c1CO[C@@H](CNS(=O)(=O)C1CC1)C2. The average molecular weight is 338 g/mol. The van der Waals surface area contributed by atoms with Crippen LogP contribution in [0.3, 0.4) is 0 Å². The topological polar surface area (TPSA) is 104 Å². The smallest absolute Gasteiger partial charge is 0.214 e. The lowest BCUT2D eigenvalue weighted by Gasteiger charge is -2.24. The summed E-state index contributed by atoms with van der Waals surface area (Å²) in [6.45, 7) is 1.09. The Morgan fingerprint density at radius 2 is 2.26 bits per heavy atom. The zero-order chi connectivity index (χ0) is 16.0. The van der Waals surface area contributed by atoms with Gasteiger partial charge in [-0.3, -0.25) is 4.68 Å². The largest absolute Gasteiger partial charge is 0.369 e. The lowest BCUT2D eigenvalue weighted by molar-refractivity contribution is 0.00429. The van der Waals surface area contributed by atoms with Crippen molar-refractivity contribution in [2.24, 2.45) is 7.05 Å². The van der Waals surface area contributed by atoms with Gasteiger partial charge in [-0.15, -0.1) is 5.10 Å². The molecule has 1 atom stereocenters. The molecule has 4 rings (SSSR count). The van der Waals surface area contributed by atoms with Crippen molar-refractivity contribution in [1.29, 1.82) is 0 Å². The van der Waals surface area contributed by atoms with Gasteiger partial charge in [-0.25, -0.2) is 17.8 Å². The number of ether oxygens (including phenoxy) is 1. The van der Waals surface area contributed by atoms with Gasteiger partial charge in [-0.2, -0.15) is 5.10 Å². The van der Waals surface area contributed by atoms with Crippen LogP contribution in [0.1, 0.15) is 18.5 Å². The van der Waals surface area contributed by atoms with E-state index in [2.05, 4.69) is 20.1 Å². The number of fused-ring (bicyclic) bond motifs is 1. The molecule has 1 N–H and O–H groups in total. The number of aromatic nitrogens is 5. The number of nitrogens with zero attached hydrogens (tertiary/aromatic N) is 5. The number of sulfonamides is 1. The number of rotatable bonds is 5. The van der Waals surface area contributed by atoms with E-state index in [1.54, 1.807) is 15.6 Å². The molecule has 2 aliphatic rings. The second kappa shape index (κ2) is 5.39. The van der Waals surface area contributed by atoms with Crippen molar-refractivity contribution >= 4 is 10.0 Å². The van der Waals surface area contributed by atoms with Crippen LogP contribution in [-0.2, 0) is 35.0 Å². The summed E-state index contributed by atoms with van der Waals surface area (Å²) in [4.78, 5) is 0. The second-order valence-corrected chi connectivity index (χ2v) is 7.98. The van der Waals surface area contributed by atoms with E-state index in [1.165, 1.54) is 0 Å². The molecule has 2 aromatic rings. The molecule has 0 bridgehead atoms. The monoisotopic (exact) mass is 338 g/mol. The molecular weight excluding hydrogens is 320 g/mol. The van der Waals surface area contributed by atoms with Gasteiger partial charge in [0.05, 0.1) is 35.9 Å². The van der Waals surface area contributed by atoms with E-state index in [1.807, 2.05) is 13.1 Å². The number of hydrogen-bond donors (Lipinski definition) is 1. The molecule has 0 amide bonds. The predicted molar refractivity (Wildman–Crippen MR) is 80.7 cm³/mol. The molecule has 0 spiro atoms. The molecule has 0 saturated heterocycles. The summed E-state index contributed by atoms with van der Waals surface area (Å²) in [5.41, 5.74) is 2.51. The maximum absolute atomic E-state index is 11.9. The third-order valence-electron chi connectivity index (χ3n) is 4.21. The molecule has 1 aliphatic heterocycles. The van der Waals surface area contributed by atoms with Gasteiger partial charge in [0.25, 0.3) is 0 Å². The van der Waals surface area contributed by atoms with Gasteiger partial charge in [-0.1, -0.05) is 5.21 Å². The summed E-state index contributed by atoms with van der Waals surface area (Å²) >= 11 is 0. The first-order valence-electron chi connectivity index (χ1n) is 7.55. The molecule has 23 heavy (non-hydrogen) atoms. The molecule has 9 nitrogen and oxygen atoms in total. The molecule has 0 radical (unpaired) electrons. The fraction of sp³-hybridized carbons (Fsp3) is 0.615. The van der Waals surface area contributed by atoms with Crippen LogP contribution in [0.15, 0.2) is 12.3 Å². The molecule has 0 unspecified atom stereocenters. The number of hydrogen-bond acceptors (Lipinski definition) is 6. The number of aryl methyl sites for hydroxylation is 1. The molecule has 1 aliphatic carbocycles. The van der Waals surface area contributed by atoms with Gasteiger partial charge in [0.1, 0.15) is 5.69 Å². The highest BCUT2D eigenvalue weighted by molar-refractivity contribution is 7.90. The maximum Gasteiger partial charge on any atom is 0.214 e. The van der Waals surface area contributed by atoms with Crippen molar-refractivity contribution in [3.05, 3.63) is 18.0 Å². The first-order valence-corrected chi connectivity index (χ1v) is 9.10. The minimum absolute atomic E-state index is 0.218. The summed E-state index contributed by atoms with van der Waals surface area (Å²) in [6.07, 6.45) is 2.97. The second-order valence-electron chi connectivity index (χ2n) is 5.93. The van der Waals surface area contributed by atoms with Crippen molar-refractivity contribution in [2.75, 3.05) is 6.54 Å². The van der Waals surface area contributed by atoms with E-state index >= 15 is 0 Å². The molecule has 3 heterocycles. The third kappa shape index (κ3) is 2.77. The van der Waals surface area contributed by atoms with E-state index < -0.39 is 10.0 Å². The van der Waals surface area contributed by atoms with Crippen LogP contribution >= 0.6 is 0 Å². The van der Waals surface area contributed by atoms with Crippen molar-refractivity contribution in [2.45, 2.75) is 37.3 Å². The van der Waals surface area contributed by atoms with E-state index in [0.717, 1.165) is 29.9 Å². The van der Waals surface area contributed by atoms with Crippen molar-refractivity contribution < 1.29 is 13.2 Å². The zero-order valence-corrected chi connectivity index (χ0v) is 13.5. The highest BCUT2D eigenvalue weighted by Crippen LogP contribution is 2.28. The van der Waals surface area contributed by atoms with E-state index in [-0.39, 0.29) is 17.9 Å². The Hall–Kier alpha value is -1.78. The molecule has 124 valence electrons. The molecule has 10 heteroatoms. The Morgan fingerprint density at radius 3 is 2.96 bits per heavy atom. The zero-order valence-electron chi connectivity index (χ0n) is 12.7. The van der Waals surface area contributed by atoms with Crippen molar-refractivity contribution in [3.8, 4) is 11.4 Å². The van der Waals surface area contributed by atoms with Gasteiger partial charge < -0.3 is 4.74 Å². The normalized spacial score (nSPS) is 21.3. The third-order valence-corrected chi connectivity index (χ3v) is 6.13.